The largest absolute Gasteiger partial charge is 0.481 e. The van der Waals surface area contributed by atoms with Gasteiger partial charge in [-0.15, -0.1) is 0 Å². The van der Waals surface area contributed by atoms with Crippen molar-refractivity contribution in [3.05, 3.63) is 63.7 Å². The second-order valence-electron chi connectivity index (χ2n) is 4.48. The van der Waals surface area contributed by atoms with Crippen LogP contribution in [0.4, 0.5) is 11.4 Å². The molecular formula is C15H13ClN2O4. The normalized spacial score (nSPS) is 11.5. The van der Waals surface area contributed by atoms with Gasteiger partial charge >= 0.3 is 0 Å². The minimum Gasteiger partial charge on any atom is -0.481 e. The molecule has 2 aromatic carbocycles. The van der Waals surface area contributed by atoms with E-state index in [2.05, 4.69) is 5.32 Å². The van der Waals surface area contributed by atoms with Crippen LogP contribution in [0.5, 0.6) is 5.75 Å². The van der Waals surface area contributed by atoms with Gasteiger partial charge in [0, 0.05) is 11.1 Å². The van der Waals surface area contributed by atoms with E-state index < -0.39 is 16.9 Å². The molecule has 0 saturated heterocycles. The molecule has 0 aliphatic carbocycles. The molecule has 22 heavy (non-hydrogen) atoms. The van der Waals surface area contributed by atoms with Crippen LogP contribution in [0.3, 0.4) is 0 Å². The number of amides is 1. The summed E-state index contributed by atoms with van der Waals surface area (Å²) < 4.78 is 5.46. The molecular weight excluding hydrogens is 308 g/mol. The Bertz CT molecular complexity index is 705. The fourth-order valence-electron chi connectivity index (χ4n) is 1.77. The molecule has 7 heteroatoms. The Kier molecular flexibility index (Phi) is 4.95. The zero-order valence-corrected chi connectivity index (χ0v) is 12.4. The number of nitrogens with zero attached hydrogens (tertiary/aromatic N) is 1. The highest BCUT2D eigenvalue weighted by Gasteiger charge is 2.19. The van der Waals surface area contributed by atoms with Crippen molar-refractivity contribution in [1.29, 1.82) is 0 Å². The van der Waals surface area contributed by atoms with Crippen LogP contribution in [0.1, 0.15) is 6.92 Å². The number of benzene rings is 2. The average molecular weight is 321 g/mol. The van der Waals surface area contributed by atoms with E-state index >= 15 is 0 Å². The van der Waals surface area contributed by atoms with E-state index in [-0.39, 0.29) is 11.4 Å². The highest BCUT2D eigenvalue weighted by molar-refractivity contribution is 6.30. The summed E-state index contributed by atoms with van der Waals surface area (Å²) in [7, 11) is 0. The summed E-state index contributed by atoms with van der Waals surface area (Å²) in [6, 6.07) is 12.5. The molecule has 0 heterocycles. The Hall–Kier alpha value is -2.60. The number of hydrogen-bond donors (Lipinski definition) is 1. The van der Waals surface area contributed by atoms with Crippen molar-refractivity contribution >= 4 is 28.9 Å². The number of carbonyl (C=O) groups excluding carboxylic acids is 1. The fraction of sp³-hybridized carbons (Fsp3) is 0.133. The second kappa shape index (κ2) is 6.91. The van der Waals surface area contributed by atoms with E-state index in [4.69, 9.17) is 16.3 Å². The summed E-state index contributed by atoms with van der Waals surface area (Å²) in [5.41, 5.74) is -0.0511. The van der Waals surface area contributed by atoms with Gasteiger partial charge in [-0.2, -0.15) is 0 Å². The van der Waals surface area contributed by atoms with Crippen LogP contribution in [-0.4, -0.2) is 16.9 Å². The van der Waals surface area contributed by atoms with E-state index in [1.807, 2.05) is 0 Å². The number of nitro groups is 1. The summed E-state index contributed by atoms with van der Waals surface area (Å²) in [4.78, 5) is 22.4. The summed E-state index contributed by atoms with van der Waals surface area (Å²) in [5.74, 6) is -0.0491. The van der Waals surface area contributed by atoms with Crippen LogP contribution in [0.25, 0.3) is 0 Å². The predicted molar refractivity (Wildman–Crippen MR) is 83.3 cm³/mol. The number of nitrogens with one attached hydrogen (secondary N) is 1. The van der Waals surface area contributed by atoms with Gasteiger partial charge in [-0.3, -0.25) is 14.9 Å². The number of para-hydroxylation sites is 2. The SMILES string of the molecule is CC(Oc1cccc(Cl)c1)C(=O)Nc1ccccc1[N+](=O)[O-]. The van der Waals surface area contributed by atoms with Gasteiger partial charge in [-0.1, -0.05) is 29.8 Å². The van der Waals surface area contributed by atoms with Crippen molar-refractivity contribution in [2.75, 3.05) is 5.32 Å². The lowest BCUT2D eigenvalue weighted by atomic mass is 10.2. The van der Waals surface area contributed by atoms with Gasteiger partial charge < -0.3 is 10.1 Å². The maximum absolute atomic E-state index is 12.1. The summed E-state index contributed by atoms with van der Waals surface area (Å²) in [6.45, 7) is 1.55. The Balaban J connectivity index is 2.07. The van der Waals surface area contributed by atoms with E-state index in [1.165, 1.54) is 18.2 Å². The zero-order valence-electron chi connectivity index (χ0n) is 11.7. The molecule has 1 unspecified atom stereocenters. The Labute approximate surface area is 131 Å². The average Bonchev–Trinajstić information content (AvgIpc) is 2.47. The molecule has 1 N–H and O–H groups in total. The van der Waals surface area contributed by atoms with E-state index in [0.717, 1.165) is 0 Å². The van der Waals surface area contributed by atoms with Crippen molar-refractivity contribution < 1.29 is 14.5 Å². The lowest BCUT2D eigenvalue weighted by Crippen LogP contribution is -2.30. The molecule has 1 amide bonds. The van der Waals surface area contributed by atoms with Crippen molar-refractivity contribution in [2.24, 2.45) is 0 Å². The van der Waals surface area contributed by atoms with Gasteiger partial charge in [0.05, 0.1) is 4.92 Å². The van der Waals surface area contributed by atoms with Crippen LogP contribution in [0.2, 0.25) is 5.02 Å². The fourth-order valence-corrected chi connectivity index (χ4v) is 1.95. The second-order valence-corrected chi connectivity index (χ2v) is 4.92. The van der Waals surface area contributed by atoms with Crippen LogP contribution >= 0.6 is 11.6 Å². The lowest BCUT2D eigenvalue weighted by molar-refractivity contribution is -0.383. The first kappa shape index (κ1) is 15.8. The first-order valence-electron chi connectivity index (χ1n) is 6.44. The van der Waals surface area contributed by atoms with Crippen LogP contribution in [0.15, 0.2) is 48.5 Å². The van der Waals surface area contributed by atoms with Crippen LogP contribution in [-0.2, 0) is 4.79 Å². The quantitative estimate of drug-likeness (QED) is 0.673. The van der Waals surface area contributed by atoms with E-state index in [1.54, 1.807) is 37.3 Å². The van der Waals surface area contributed by atoms with Gasteiger partial charge in [-0.25, -0.2) is 0 Å². The zero-order chi connectivity index (χ0) is 16.1. The number of rotatable bonds is 5. The first-order valence-corrected chi connectivity index (χ1v) is 6.81. The van der Waals surface area contributed by atoms with Gasteiger partial charge in [0.15, 0.2) is 6.10 Å². The van der Waals surface area contributed by atoms with Crippen LogP contribution < -0.4 is 10.1 Å². The molecule has 114 valence electrons. The molecule has 0 aliphatic heterocycles. The third-order valence-electron chi connectivity index (χ3n) is 2.84. The molecule has 0 fully saturated rings. The van der Waals surface area contributed by atoms with Gasteiger partial charge in [0.25, 0.3) is 11.6 Å². The van der Waals surface area contributed by atoms with Gasteiger partial charge in [-0.05, 0) is 31.2 Å². The summed E-state index contributed by atoms with van der Waals surface area (Å²) in [6.07, 6.45) is -0.835. The van der Waals surface area contributed by atoms with Gasteiger partial charge in [0.2, 0.25) is 0 Å². The number of ether oxygens (including phenoxy) is 1. The third-order valence-corrected chi connectivity index (χ3v) is 3.07. The smallest absolute Gasteiger partial charge is 0.292 e. The topological polar surface area (TPSA) is 81.5 Å². The Morgan fingerprint density at radius 2 is 2.00 bits per heavy atom. The van der Waals surface area contributed by atoms with Crippen molar-refractivity contribution in [1.82, 2.24) is 0 Å². The number of nitro benzene ring substituents is 1. The number of halogens is 1. The summed E-state index contributed by atoms with van der Waals surface area (Å²) >= 11 is 5.84. The highest BCUT2D eigenvalue weighted by atomic mass is 35.5. The molecule has 0 aliphatic rings. The molecule has 0 bridgehead atoms. The standard InChI is InChI=1S/C15H13ClN2O4/c1-10(22-12-6-4-5-11(16)9-12)15(19)17-13-7-2-3-8-14(13)18(20)21/h2-10H,1H3,(H,17,19). The van der Waals surface area contributed by atoms with Crippen LogP contribution in [0, 0.1) is 10.1 Å². The van der Waals surface area contributed by atoms with Crippen molar-refractivity contribution in [2.45, 2.75) is 13.0 Å². The maximum Gasteiger partial charge on any atom is 0.292 e. The Morgan fingerprint density at radius 1 is 1.27 bits per heavy atom. The van der Waals surface area contributed by atoms with Gasteiger partial charge in [0.1, 0.15) is 11.4 Å². The van der Waals surface area contributed by atoms with E-state index in [9.17, 15) is 14.9 Å². The number of anilines is 1. The first-order chi connectivity index (χ1) is 10.5. The number of carbonyl (C=O) groups is 1. The summed E-state index contributed by atoms with van der Waals surface area (Å²) in [5, 5.41) is 13.9. The van der Waals surface area contributed by atoms with E-state index in [0.29, 0.717) is 10.8 Å². The minimum atomic E-state index is -0.835. The Morgan fingerprint density at radius 3 is 2.68 bits per heavy atom. The molecule has 0 spiro atoms. The molecule has 6 nitrogen and oxygen atoms in total. The maximum atomic E-state index is 12.1. The number of hydrogen-bond acceptors (Lipinski definition) is 4. The van der Waals surface area contributed by atoms with Crippen molar-refractivity contribution in [3.8, 4) is 5.75 Å². The van der Waals surface area contributed by atoms with Crippen molar-refractivity contribution in [3.63, 3.8) is 0 Å². The highest BCUT2D eigenvalue weighted by Crippen LogP contribution is 2.24. The molecule has 2 rings (SSSR count). The lowest BCUT2D eigenvalue weighted by Gasteiger charge is -2.14. The molecule has 2 aromatic rings. The molecule has 1 atom stereocenters. The third kappa shape index (κ3) is 3.95. The molecule has 0 saturated carbocycles. The molecule has 0 aromatic heterocycles. The predicted octanol–water partition coefficient (Wildman–Crippen LogP) is 3.65. The molecule has 0 radical (unpaired) electrons. The minimum absolute atomic E-state index is 0.124. The monoisotopic (exact) mass is 320 g/mol.